The fraction of sp³-hybridized carbons (Fsp3) is 0.667. The monoisotopic (exact) mass is 260 g/mol. The van der Waals surface area contributed by atoms with Gasteiger partial charge in [0, 0.05) is 25.9 Å². The molecule has 0 unspecified atom stereocenters. The molecular formula is C9H16N4OS2. The van der Waals surface area contributed by atoms with Crippen LogP contribution in [0.15, 0.2) is 0 Å². The molecule has 1 aromatic heterocycles. The largest absolute Gasteiger partial charge is 0.360 e. The van der Waals surface area contributed by atoms with Crippen LogP contribution in [-0.4, -0.2) is 53.2 Å². The number of thioether (sulfide) groups is 1. The topological polar surface area (TPSA) is 58.1 Å². The third-order valence-electron chi connectivity index (χ3n) is 1.91. The lowest BCUT2D eigenvalue weighted by atomic mass is 10.5. The Kier molecular flexibility index (Phi) is 5.54. The molecule has 0 saturated carbocycles. The molecule has 1 amide bonds. The zero-order valence-corrected chi connectivity index (χ0v) is 11.3. The number of carbonyl (C=O) groups excluding carboxylic acids is 1. The van der Waals surface area contributed by atoms with Gasteiger partial charge in [-0.15, -0.1) is 10.2 Å². The van der Waals surface area contributed by atoms with Crippen LogP contribution in [0.1, 0.15) is 16.7 Å². The average molecular weight is 260 g/mol. The molecule has 16 heavy (non-hydrogen) atoms. The van der Waals surface area contributed by atoms with Gasteiger partial charge in [-0.05, 0) is 13.2 Å². The third-order valence-corrected chi connectivity index (χ3v) is 3.37. The van der Waals surface area contributed by atoms with E-state index in [0.29, 0.717) is 10.1 Å². The summed E-state index contributed by atoms with van der Waals surface area (Å²) >= 11 is 3.01. The summed E-state index contributed by atoms with van der Waals surface area (Å²) in [7, 11) is 1.78. The van der Waals surface area contributed by atoms with Crippen LogP contribution < -0.4 is 5.32 Å². The molecule has 0 aliphatic carbocycles. The molecule has 0 saturated heterocycles. The fourth-order valence-electron chi connectivity index (χ4n) is 1.03. The van der Waals surface area contributed by atoms with E-state index in [-0.39, 0.29) is 5.91 Å². The molecule has 1 heterocycles. The van der Waals surface area contributed by atoms with Gasteiger partial charge in [-0.25, -0.2) is 0 Å². The van der Waals surface area contributed by atoms with Crippen LogP contribution in [-0.2, 0) is 0 Å². The Balaban J connectivity index is 2.57. The molecule has 90 valence electrons. The molecule has 0 bridgehead atoms. The first-order valence-electron chi connectivity index (χ1n) is 5.00. The number of carbonyl (C=O) groups is 1. The molecule has 0 fully saturated rings. The number of nitrogens with zero attached hydrogens (tertiary/aromatic N) is 3. The van der Waals surface area contributed by atoms with Crippen LogP contribution >= 0.6 is 23.1 Å². The summed E-state index contributed by atoms with van der Waals surface area (Å²) in [5.41, 5.74) is 0. The highest BCUT2D eigenvalue weighted by atomic mass is 32.2. The van der Waals surface area contributed by atoms with E-state index >= 15 is 0 Å². The molecule has 1 N–H and O–H groups in total. The Morgan fingerprint density at radius 1 is 1.56 bits per heavy atom. The van der Waals surface area contributed by atoms with E-state index in [1.54, 1.807) is 23.7 Å². The molecule has 7 heteroatoms. The van der Waals surface area contributed by atoms with Gasteiger partial charge in [-0.2, -0.15) is 11.8 Å². The molecule has 5 nitrogen and oxygen atoms in total. The highest BCUT2D eigenvalue weighted by Gasteiger charge is 2.16. The summed E-state index contributed by atoms with van der Waals surface area (Å²) in [6.07, 6.45) is 2.02. The normalized spacial score (nSPS) is 10.2. The maximum Gasteiger partial charge on any atom is 0.284 e. The van der Waals surface area contributed by atoms with E-state index in [0.717, 1.165) is 18.8 Å². The van der Waals surface area contributed by atoms with Crippen molar-refractivity contribution in [3.8, 4) is 0 Å². The predicted octanol–water partition coefficient (Wildman–Crippen LogP) is 1.40. The summed E-state index contributed by atoms with van der Waals surface area (Å²) in [4.78, 5) is 13.5. The van der Waals surface area contributed by atoms with E-state index in [9.17, 15) is 4.79 Å². The van der Waals surface area contributed by atoms with Crippen LogP contribution in [0.4, 0.5) is 5.13 Å². The number of amides is 1. The summed E-state index contributed by atoms with van der Waals surface area (Å²) in [5.74, 6) is 0.872. The lowest BCUT2D eigenvalue weighted by Crippen LogP contribution is -2.28. The molecule has 1 aromatic rings. The molecule has 0 spiro atoms. The highest BCUT2D eigenvalue weighted by Crippen LogP contribution is 2.16. The first-order valence-corrected chi connectivity index (χ1v) is 7.21. The van der Waals surface area contributed by atoms with Gasteiger partial charge in [0.15, 0.2) is 0 Å². The van der Waals surface area contributed by atoms with Crippen molar-refractivity contribution in [2.24, 2.45) is 0 Å². The van der Waals surface area contributed by atoms with Crippen molar-refractivity contribution in [2.75, 3.05) is 37.5 Å². The van der Waals surface area contributed by atoms with Gasteiger partial charge in [-0.1, -0.05) is 11.3 Å². The number of hydrogen-bond donors (Lipinski definition) is 1. The first-order chi connectivity index (χ1) is 7.69. The Labute approximate surface area is 104 Å². The van der Waals surface area contributed by atoms with Gasteiger partial charge in [0.05, 0.1) is 0 Å². The van der Waals surface area contributed by atoms with Crippen LogP contribution in [0.25, 0.3) is 0 Å². The lowest BCUT2D eigenvalue weighted by Gasteiger charge is -2.13. The maximum absolute atomic E-state index is 11.9. The van der Waals surface area contributed by atoms with Gasteiger partial charge in [0.1, 0.15) is 0 Å². The molecule has 0 aliphatic heterocycles. The summed E-state index contributed by atoms with van der Waals surface area (Å²) < 4.78 is 0. The number of hydrogen-bond acceptors (Lipinski definition) is 6. The van der Waals surface area contributed by atoms with Crippen molar-refractivity contribution in [1.82, 2.24) is 15.1 Å². The SMILES string of the molecule is CCNc1nnc(C(=O)N(C)CCSC)s1. The van der Waals surface area contributed by atoms with Crippen molar-refractivity contribution in [2.45, 2.75) is 6.92 Å². The summed E-state index contributed by atoms with van der Waals surface area (Å²) in [6, 6.07) is 0. The molecule has 0 aromatic carbocycles. The maximum atomic E-state index is 11.9. The summed E-state index contributed by atoms with van der Waals surface area (Å²) in [6.45, 7) is 3.49. The van der Waals surface area contributed by atoms with Crippen LogP contribution in [0, 0.1) is 0 Å². The second kappa shape index (κ2) is 6.70. The molecular weight excluding hydrogens is 244 g/mol. The van der Waals surface area contributed by atoms with Crippen molar-refractivity contribution >= 4 is 34.1 Å². The quantitative estimate of drug-likeness (QED) is 0.838. The molecule has 0 aliphatic rings. The smallest absolute Gasteiger partial charge is 0.284 e. The van der Waals surface area contributed by atoms with Crippen molar-refractivity contribution in [3.05, 3.63) is 5.01 Å². The second-order valence-electron chi connectivity index (χ2n) is 3.16. The fourth-order valence-corrected chi connectivity index (χ4v) is 2.29. The number of aromatic nitrogens is 2. The van der Waals surface area contributed by atoms with Gasteiger partial charge in [-0.3, -0.25) is 4.79 Å². The lowest BCUT2D eigenvalue weighted by molar-refractivity contribution is 0.0802. The zero-order valence-electron chi connectivity index (χ0n) is 9.69. The third kappa shape index (κ3) is 3.64. The minimum Gasteiger partial charge on any atom is -0.360 e. The van der Waals surface area contributed by atoms with E-state index in [2.05, 4.69) is 15.5 Å². The number of anilines is 1. The first kappa shape index (κ1) is 13.2. The van der Waals surface area contributed by atoms with Gasteiger partial charge in [0.25, 0.3) is 5.91 Å². The summed E-state index contributed by atoms with van der Waals surface area (Å²) in [5, 5.41) is 11.9. The van der Waals surface area contributed by atoms with Crippen LogP contribution in [0.5, 0.6) is 0 Å². The van der Waals surface area contributed by atoms with E-state index in [1.807, 2.05) is 13.2 Å². The van der Waals surface area contributed by atoms with Gasteiger partial charge >= 0.3 is 0 Å². The Morgan fingerprint density at radius 3 is 2.94 bits per heavy atom. The number of nitrogens with one attached hydrogen (secondary N) is 1. The Morgan fingerprint density at radius 2 is 2.31 bits per heavy atom. The van der Waals surface area contributed by atoms with Crippen LogP contribution in [0.2, 0.25) is 0 Å². The highest BCUT2D eigenvalue weighted by molar-refractivity contribution is 7.98. The minimum absolute atomic E-state index is 0.0595. The Hall–Kier alpha value is -0.820. The van der Waals surface area contributed by atoms with Crippen molar-refractivity contribution in [1.29, 1.82) is 0 Å². The van der Waals surface area contributed by atoms with Crippen molar-refractivity contribution in [3.63, 3.8) is 0 Å². The number of rotatable bonds is 6. The molecule has 0 radical (unpaired) electrons. The van der Waals surface area contributed by atoms with Crippen molar-refractivity contribution < 1.29 is 4.79 Å². The zero-order chi connectivity index (χ0) is 12.0. The van der Waals surface area contributed by atoms with Gasteiger partial charge in [0.2, 0.25) is 10.1 Å². The minimum atomic E-state index is -0.0595. The van der Waals surface area contributed by atoms with E-state index < -0.39 is 0 Å². The Bertz CT molecular complexity index is 342. The standard InChI is InChI=1S/C9H16N4OS2/c1-4-10-9-12-11-7(16-9)8(14)13(2)5-6-15-3/h4-6H2,1-3H3,(H,10,12). The molecule has 1 rings (SSSR count). The predicted molar refractivity (Wildman–Crippen MR) is 69.4 cm³/mol. The second-order valence-corrected chi connectivity index (χ2v) is 5.13. The van der Waals surface area contributed by atoms with E-state index in [1.165, 1.54) is 11.3 Å². The average Bonchev–Trinajstić information content (AvgIpc) is 2.74. The van der Waals surface area contributed by atoms with Gasteiger partial charge < -0.3 is 10.2 Å². The van der Waals surface area contributed by atoms with E-state index in [4.69, 9.17) is 0 Å². The van der Waals surface area contributed by atoms with Crippen LogP contribution in [0.3, 0.4) is 0 Å². The molecule has 0 atom stereocenters.